The van der Waals surface area contributed by atoms with E-state index in [1.807, 2.05) is 12.1 Å². The van der Waals surface area contributed by atoms with Gasteiger partial charge in [0.15, 0.2) is 5.43 Å². The van der Waals surface area contributed by atoms with Gasteiger partial charge in [0.05, 0.1) is 12.5 Å². The molecule has 0 aliphatic heterocycles. The van der Waals surface area contributed by atoms with Crippen molar-refractivity contribution in [3.05, 3.63) is 58.8 Å². The Hall–Kier alpha value is -3.12. The van der Waals surface area contributed by atoms with Crippen LogP contribution in [0, 0.1) is 0 Å². The molecule has 0 spiro atoms. The van der Waals surface area contributed by atoms with Gasteiger partial charge in [-0.3, -0.25) is 9.59 Å². The fraction of sp³-hybridized carbons (Fsp3) is 0.158. The van der Waals surface area contributed by atoms with Crippen molar-refractivity contribution < 1.29 is 18.7 Å². The fourth-order valence-electron chi connectivity index (χ4n) is 2.46. The molecule has 0 saturated heterocycles. The monoisotopic (exact) mass is 339 g/mol. The highest BCUT2D eigenvalue weighted by molar-refractivity contribution is 5.94. The lowest BCUT2D eigenvalue weighted by atomic mass is 10.1. The largest absolute Gasteiger partial charge is 0.497 e. The minimum Gasteiger partial charge on any atom is -0.497 e. The van der Waals surface area contributed by atoms with E-state index in [2.05, 4.69) is 5.32 Å². The highest BCUT2D eigenvalue weighted by Crippen LogP contribution is 2.25. The van der Waals surface area contributed by atoms with Crippen LogP contribution in [0.4, 0.5) is 5.69 Å². The van der Waals surface area contributed by atoms with E-state index in [0.29, 0.717) is 22.4 Å². The molecule has 0 fully saturated rings. The van der Waals surface area contributed by atoms with Gasteiger partial charge in [-0.15, -0.1) is 0 Å². The van der Waals surface area contributed by atoms with Gasteiger partial charge in [-0.2, -0.15) is 0 Å². The molecule has 0 aliphatic rings. The van der Waals surface area contributed by atoms with Gasteiger partial charge in [0.2, 0.25) is 5.91 Å². The Kier molecular flexibility index (Phi) is 4.81. The van der Waals surface area contributed by atoms with Crippen molar-refractivity contribution in [1.29, 1.82) is 0 Å². The predicted octanol–water partition coefficient (Wildman–Crippen LogP) is 3.05. The highest BCUT2D eigenvalue weighted by Gasteiger charge is 2.09. The van der Waals surface area contributed by atoms with E-state index in [9.17, 15) is 9.59 Å². The lowest BCUT2D eigenvalue weighted by Crippen LogP contribution is -2.17. The first-order valence-corrected chi connectivity index (χ1v) is 7.62. The second kappa shape index (κ2) is 7.19. The van der Waals surface area contributed by atoms with Crippen LogP contribution in [0.25, 0.3) is 22.3 Å². The number of hydrogen-bond acceptors (Lipinski definition) is 5. The predicted molar refractivity (Wildman–Crippen MR) is 95.0 cm³/mol. The number of carbonyl (C=O) groups excluding carboxylic acids is 1. The standard InChI is InChI=1S/C19H17NO5/c1-23-11-19(22)20-13-5-8-15-16(21)10-17(25-18(15)9-13)12-3-6-14(24-2)7-4-12/h3-10H,11H2,1-2H3,(H,20,22). The Balaban J connectivity index is 2.00. The number of anilines is 1. The summed E-state index contributed by atoms with van der Waals surface area (Å²) in [7, 11) is 3.03. The summed E-state index contributed by atoms with van der Waals surface area (Å²) in [6.45, 7) is -0.0477. The van der Waals surface area contributed by atoms with Crippen molar-refractivity contribution in [3.8, 4) is 17.1 Å². The van der Waals surface area contributed by atoms with Crippen LogP contribution in [0.2, 0.25) is 0 Å². The summed E-state index contributed by atoms with van der Waals surface area (Å²) in [5.41, 5.74) is 1.54. The summed E-state index contributed by atoms with van der Waals surface area (Å²) >= 11 is 0. The molecule has 0 aliphatic carbocycles. The number of ether oxygens (including phenoxy) is 2. The molecule has 0 bridgehead atoms. The van der Waals surface area contributed by atoms with Crippen LogP contribution < -0.4 is 15.5 Å². The number of nitrogens with one attached hydrogen (secondary N) is 1. The number of fused-ring (bicyclic) bond motifs is 1. The molecule has 6 heteroatoms. The van der Waals surface area contributed by atoms with Gasteiger partial charge < -0.3 is 19.2 Å². The number of rotatable bonds is 5. The van der Waals surface area contributed by atoms with Gasteiger partial charge in [-0.05, 0) is 36.4 Å². The van der Waals surface area contributed by atoms with Gasteiger partial charge in [-0.25, -0.2) is 0 Å². The van der Waals surface area contributed by atoms with Gasteiger partial charge in [0.25, 0.3) is 0 Å². The molecule has 0 saturated carbocycles. The Labute approximate surface area is 144 Å². The molecule has 1 aromatic heterocycles. The van der Waals surface area contributed by atoms with E-state index in [-0.39, 0.29) is 17.9 Å². The summed E-state index contributed by atoms with van der Waals surface area (Å²) in [6, 6.07) is 13.6. The van der Waals surface area contributed by atoms with Crippen LogP contribution in [0.3, 0.4) is 0 Å². The first-order valence-electron chi connectivity index (χ1n) is 7.62. The third-order valence-electron chi connectivity index (χ3n) is 3.66. The molecule has 6 nitrogen and oxygen atoms in total. The van der Waals surface area contributed by atoms with Crippen LogP contribution >= 0.6 is 0 Å². The Bertz CT molecular complexity index is 960. The average Bonchev–Trinajstić information content (AvgIpc) is 2.61. The van der Waals surface area contributed by atoms with Crippen molar-refractivity contribution >= 4 is 22.6 Å². The maximum Gasteiger partial charge on any atom is 0.250 e. The van der Waals surface area contributed by atoms with Crippen molar-refractivity contribution in [2.75, 3.05) is 26.1 Å². The number of amides is 1. The Morgan fingerprint density at radius 3 is 2.52 bits per heavy atom. The molecular formula is C19H17NO5. The molecule has 0 unspecified atom stereocenters. The molecular weight excluding hydrogens is 322 g/mol. The normalized spacial score (nSPS) is 10.6. The van der Waals surface area contributed by atoms with Crippen LogP contribution in [-0.4, -0.2) is 26.7 Å². The summed E-state index contributed by atoms with van der Waals surface area (Å²) in [4.78, 5) is 24.0. The molecule has 1 N–H and O–H groups in total. The maximum absolute atomic E-state index is 12.3. The quantitative estimate of drug-likeness (QED) is 0.773. The SMILES string of the molecule is COCC(=O)Nc1ccc2c(=O)cc(-c3ccc(OC)cc3)oc2c1. The molecule has 2 aromatic carbocycles. The van der Waals surface area contributed by atoms with Crippen molar-refractivity contribution in [3.63, 3.8) is 0 Å². The van der Waals surface area contributed by atoms with Gasteiger partial charge in [0.1, 0.15) is 23.7 Å². The maximum atomic E-state index is 12.3. The fourth-order valence-corrected chi connectivity index (χ4v) is 2.46. The lowest BCUT2D eigenvalue weighted by molar-refractivity contribution is -0.119. The van der Waals surface area contributed by atoms with E-state index in [1.54, 1.807) is 37.4 Å². The number of hydrogen-bond donors (Lipinski definition) is 1. The first-order chi connectivity index (χ1) is 12.1. The van der Waals surface area contributed by atoms with E-state index in [0.717, 1.165) is 11.3 Å². The molecule has 0 radical (unpaired) electrons. The Morgan fingerprint density at radius 1 is 1.08 bits per heavy atom. The number of benzene rings is 2. The molecule has 1 amide bonds. The zero-order valence-electron chi connectivity index (χ0n) is 13.9. The lowest BCUT2D eigenvalue weighted by Gasteiger charge is -2.07. The van der Waals surface area contributed by atoms with Crippen molar-refractivity contribution in [2.24, 2.45) is 0 Å². The average molecular weight is 339 g/mol. The van der Waals surface area contributed by atoms with Gasteiger partial charge >= 0.3 is 0 Å². The van der Waals surface area contributed by atoms with Crippen LogP contribution in [0.5, 0.6) is 5.75 Å². The smallest absolute Gasteiger partial charge is 0.250 e. The van der Waals surface area contributed by atoms with Crippen LogP contribution in [0.1, 0.15) is 0 Å². The molecule has 25 heavy (non-hydrogen) atoms. The number of carbonyl (C=O) groups is 1. The summed E-state index contributed by atoms with van der Waals surface area (Å²) in [6.07, 6.45) is 0. The molecule has 0 atom stereocenters. The van der Waals surface area contributed by atoms with E-state index in [1.165, 1.54) is 13.2 Å². The Morgan fingerprint density at radius 2 is 1.84 bits per heavy atom. The van der Waals surface area contributed by atoms with E-state index >= 15 is 0 Å². The van der Waals surface area contributed by atoms with E-state index < -0.39 is 0 Å². The van der Waals surface area contributed by atoms with Crippen LogP contribution in [0.15, 0.2) is 57.7 Å². The minimum absolute atomic E-state index is 0.0477. The summed E-state index contributed by atoms with van der Waals surface area (Å²) in [5.74, 6) is 0.881. The zero-order valence-corrected chi connectivity index (χ0v) is 13.9. The van der Waals surface area contributed by atoms with Crippen molar-refractivity contribution in [2.45, 2.75) is 0 Å². The van der Waals surface area contributed by atoms with Crippen LogP contribution in [-0.2, 0) is 9.53 Å². The second-order valence-corrected chi connectivity index (χ2v) is 5.40. The summed E-state index contributed by atoms with van der Waals surface area (Å²) in [5, 5.41) is 3.13. The second-order valence-electron chi connectivity index (χ2n) is 5.40. The summed E-state index contributed by atoms with van der Waals surface area (Å²) < 4.78 is 15.8. The molecule has 1 heterocycles. The first kappa shape index (κ1) is 16.7. The van der Waals surface area contributed by atoms with Gasteiger partial charge in [-0.1, -0.05) is 0 Å². The topological polar surface area (TPSA) is 77.8 Å². The molecule has 3 aromatic rings. The van der Waals surface area contributed by atoms with Gasteiger partial charge in [0, 0.05) is 30.5 Å². The third kappa shape index (κ3) is 3.70. The molecule has 128 valence electrons. The number of methoxy groups -OCH3 is 2. The zero-order chi connectivity index (χ0) is 17.8. The van der Waals surface area contributed by atoms with E-state index in [4.69, 9.17) is 13.9 Å². The molecule has 3 rings (SSSR count). The highest BCUT2D eigenvalue weighted by atomic mass is 16.5. The van der Waals surface area contributed by atoms with Crippen molar-refractivity contribution in [1.82, 2.24) is 0 Å². The minimum atomic E-state index is -0.282. The third-order valence-corrected chi connectivity index (χ3v) is 3.66.